The maximum absolute atomic E-state index is 5.38. The van der Waals surface area contributed by atoms with Crippen LogP contribution in [0.15, 0.2) is 24.3 Å². The van der Waals surface area contributed by atoms with Gasteiger partial charge in [0, 0.05) is 11.4 Å². The van der Waals surface area contributed by atoms with Crippen LogP contribution in [0.5, 0.6) is 0 Å². The Hall–Kier alpha value is -1.18. The van der Waals surface area contributed by atoms with Gasteiger partial charge < -0.3 is 11.5 Å². The molecular formula is C6H8N2. The van der Waals surface area contributed by atoms with Crippen LogP contribution in [0.3, 0.4) is 0 Å². The molecular weight excluding hydrogens is 101 g/mol. The van der Waals surface area contributed by atoms with E-state index in [9.17, 15) is 0 Å². The first-order valence-corrected chi connectivity index (χ1v) is 2.40. The van der Waals surface area contributed by atoms with E-state index in [4.69, 9.17) is 11.5 Å². The van der Waals surface area contributed by atoms with Crippen LogP contribution in [0, 0.1) is 0 Å². The van der Waals surface area contributed by atoms with Crippen molar-refractivity contribution in [3.05, 3.63) is 24.3 Å². The van der Waals surface area contributed by atoms with Crippen LogP contribution in [0.1, 0.15) is 0 Å². The molecule has 2 nitrogen and oxygen atoms in total. The van der Waals surface area contributed by atoms with Crippen LogP contribution in [-0.2, 0) is 0 Å². The second-order valence-corrected chi connectivity index (χ2v) is 1.67. The molecule has 1 rings (SSSR count). The highest BCUT2D eigenvalue weighted by atomic mass is 15.3. The molecule has 0 unspecified atom stereocenters. The third-order valence-electron chi connectivity index (χ3n) is 0.911. The van der Waals surface area contributed by atoms with Gasteiger partial charge in [0.15, 0.2) is 0 Å². The summed E-state index contributed by atoms with van der Waals surface area (Å²) in [5.74, 6) is 0. The quantitative estimate of drug-likeness (QED) is 0.383. The van der Waals surface area contributed by atoms with E-state index in [0.29, 0.717) is 11.4 Å². The number of anilines is 2. The number of rotatable bonds is 0. The Morgan fingerprint density at radius 2 is 1.50 bits per heavy atom. The van der Waals surface area contributed by atoms with E-state index in [2.05, 4.69) is 0 Å². The lowest BCUT2D eigenvalue weighted by molar-refractivity contribution is 1.67. The number of hydrogen-bond donors (Lipinski definition) is 2. The highest BCUT2D eigenvalue weighted by Gasteiger charge is 1.81. The summed E-state index contributed by atoms with van der Waals surface area (Å²) in [6.07, 6.45) is 0. The Morgan fingerprint density at radius 1 is 1.00 bits per heavy atom. The van der Waals surface area contributed by atoms with Crippen molar-refractivity contribution < 1.29 is 0 Å². The normalized spacial score (nSPS) is 9.00. The van der Waals surface area contributed by atoms with E-state index in [1.165, 1.54) is 0 Å². The Balaban J connectivity index is 3.08. The third-order valence-corrected chi connectivity index (χ3v) is 0.911. The average Bonchev–Trinajstić information content (AvgIpc) is 1.64. The van der Waals surface area contributed by atoms with Gasteiger partial charge in [-0.05, 0) is 18.2 Å². The second-order valence-electron chi connectivity index (χ2n) is 1.67. The smallest absolute Gasteiger partial charge is 0.0334 e. The molecule has 0 aliphatic carbocycles. The fourth-order valence-corrected chi connectivity index (χ4v) is 0.559. The minimum atomic E-state index is 0.713. The molecule has 0 saturated heterocycles. The summed E-state index contributed by atoms with van der Waals surface area (Å²) in [6.45, 7) is 0. The Morgan fingerprint density at radius 3 is 1.75 bits per heavy atom. The molecule has 0 aliphatic rings. The molecule has 1 aromatic carbocycles. The molecule has 4 N–H and O–H groups in total. The molecule has 0 amide bonds. The van der Waals surface area contributed by atoms with Crippen molar-refractivity contribution in [2.45, 2.75) is 0 Å². The molecule has 0 aromatic heterocycles. The molecule has 0 bridgehead atoms. The maximum Gasteiger partial charge on any atom is 0.0334 e. The molecule has 2 heteroatoms. The lowest BCUT2D eigenvalue weighted by Crippen LogP contribution is -1.87. The standard InChI is InChI=1S/C6H8N2/c7-5-2-1-3-6(8)4-5/h1-4H,7-8H2/i7+1. The highest BCUT2D eigenvalue weighted by Crippen LogP contribution is 2.06. The maximum atomic E-state index is 5.38. The molecule has 0 spiro atoms. The van der Waals surface area contributed by atoms with Gasteiger partial charge in [-0.25, -0.2) is 0 Å². The summed E-state index contributed by atoms with van der Waals surface area (Å²) < 4.78 is 0. The summed E-state index contributed by atoms with van der Waals surface area (Å²) >= 11 is 0. The largest absolute Gasteiger partial charge is 0.399 e. The van der Waals surface area contributed by atoms with Crippen molar-refractivity contribution in [3.63, 3.8) is 0 Å². The van der Waals surface area contributed by atoms with E-state index >= 15 is 0 Å². The molecule has 1 aromatic rings. The van der Waals surface area contributed by atoms with Gasteiger partial charge in [-0.2, -0.15) is 0 Å². The predicted octanol–water partition coefficient (Wildman–Crippen LogP) is 0.851. The Kier molecular flexibility index (Phi) is 1.08. The molecule has 0 heterocycles. The van der Waals surface area contributed by atoms with E-state index < -0.39 is 0 Å². The highest BCUT2D eigenvalue weighted by molar-refractivity contribution is 5.50. The van der Waals surface area contributed by atoms with Gasteiger partial charge >= 0.3 is 0 Å². The van der Waals surface area contributed by atoms with Crippen molar-refractivity contribution in [1.82, 2.24) is 0 Å². The van der Waals surface area contributed by atoms with Gasteiger partial charge in [0.2, 0.25) is 0 Å². The van der Waals surface area contributed by atoms with Gasteiger partial charge in [-0.1, -0.05) is 6.07 Å². The monoisotopic (exact) mass is 109 g/mol. The zero-order valence-electron chi connectivity index (χ0n) is 4.46. The number of benzene rings is 1. The number of nitrogen functional groups attached to an aromatic ring is 2. The molecule has 0 saturated carbocycles. The van der Waals surface area contributed by atoms with Crippen LogP contribution in [0.25, 0.3) is 0 Å². The van der Waals surface area contributed by atoms with E-state index in [1.807, 2.05) is 6.07 Å². The summed E-state index contributed by atoms with van der Waals surface area (Å²) in [5, 5.41) is 0. The van der Waals surface area contributed by atoms with Crippen molar-refractivity contribution in [3.8, 4) is 0 Å². The first-order chi connectivity index (χ1) is 3.79. The lowest BCUT2D eigenvalue weighted by atomic mass is 10.3. The average molecular weight is 109 g/mol. The number of nitrogens with two attached hydrogens (primary N) is 2. The molecule has 8 heavy (non-hydrogen) atoms. The predicted molar refractivity (Wildman–Crippen MR) is 35.3 cm³/mol. The first kappa shape index (κ1) is 4.97. The molecule has 0 fully saturated rings. The van der Waals surface area contributed by atoms with Crippen LogP contribution < -0.4 is 11.5 Å². The molecule has 0 aliphatic heterocycles. The van der Waals surface area contributed by atoms with Gasteiger partial charge in [0.1, 0.15) is 0 Å². The van der Waals surface area contributed by atoms with E-state index in [1.54, 1.807) is 18.2 Å². The van der Waals surface area contributed by atoms with Gasteiger partial charge in [0.25, 0.3) is 0 Å². The van der Waals surface area contributed by atoms with Crippen LogP contribution in [0.4, 0.5) is 11.4 Å². The van der Waals surface area contributed by atoms with Crippen molar-refractivity contribution in [1.29, 1.82) is 0 Å². The fourth-order valence-electron chi connectivity index (χ4n) is 0.559. The van der Waals surface area contributed by atoms with E-state index in [-0.39, 0.29) is 0 Å². The SMILES string of the molecule is Nc1cccc([15NH2])c1. The van der Waals surface area contributed by atoms with Crippen LogP contribution >= 0.6 is 0 Å². The topological polar surface area (TPSA) is 52.0 Å². The molecule has 42 valence electrons. The summed E-state index contributed by atoms with van der Waals surface area (Å²) in [6, 6.07) is 7.15. The molecule has 0 radical (unpaired) electrons. The fraction of sp³-hybridized carbons (Fsp3) is 0. The van der Waals surface area contributed by atoms with Crippen molar-refractivity contribution in [2.24, 2.45) is 0 Å². The Labute approximate surface area is 48.1 Å². The zero-order valence-corrected chi connectivity index (χ0v) is 4.46. The van der Waals surface area contributed by atoms with E-state index in [0.717, 1.165) is 0 Å². The van der Waals surface area contributed by atoms with Crippen molar-refractivity contribution in [2.75, 3.05) is 11.5 Å². The number of hydrogen-bond acceptors (Lipinski definition) is 2. The minimum absolute atomic E-state index is 0.713. The first-order valence-electron chi connectivity index (χ1n) is 2.40. The van der Waals surface area contributed by atoms with Gasteiger partial charge in [-0.3, -0.25) is 0 Å². The third kappa shape index (κ3) is 0.904. The Bertz CT molecular complexity index is 166. The van der Waals surface area contributed by atoms with Crippen LogP contribution in [-0.4, -0.2) is 0 Å². The van der Waals surface area contributed by atoms with Crippen molar-refractivity contribution >= 4 is 11.4 Å². The summed E-state index contributed by atoms with van der Waals surface area (Å²) in [4.78, 5) is 0. The summed E-state index contributed by atoms with van der Waals surface area (Å²) in [7, 11) is 0. The summed E-state index contributed by atoms with van der Waals surface area (Å²) in [5.41, 5.74) is 12.2. The van der Waals surface area contributed by atoms with Gasteiger partial charge in [0.05, 0.1) is 0 Å². The lowest BCUT2D eigenvalue weighted by Gasteiger charge is -1.91. The van der Waals surface area contributed by atoms with Gasteiger partial charge in [-0.15, -0.1) is 0 Å². The van der Waals surface area contributed by atoms with Crippen LogP contribution in [0.2, 0.25) is 0 Å². The zero-order chi connectivity index (χ0) is 5.98. The second kappa shape index (κ2) is 1.74. The molecule has 0 atom stereocenters. The minimum Gasteiger partial charge on any atom is -0.399 e.